The van der Waals surface area contributed by atoms with Crippen molar-refractivity contribution in [2.45, 2.75) is 0 Å². The van der Waals surface area contributed by atoms with Crippen molar-refractivity contribution in [1.29, 1.82) is 0 Å². The van der Waals surface area contributed by atoms with E-state index in [-0.39, 0.29) is 5.71 Å². The first-order valence-corrected chi connectivity index (χ1v) is 6.59. The van der Waals surface area contributed by atoms with Crippen LogP contribution in [0.25, 0.3) is 0 Å². The van der Waals surface area contributed by atoms with E-state index >= 15 is 0 Å². The number of para-hydroxylation sites is 1. The summed E-state index contributed by atoms with van der Waals surface area (Å²) < 4.78 is 0. The Labute approximate surface area is 126 Å². The Balaban J connectivity index is 1.94. The second kappa shape index (κ2) is 5.61. The summed E-state index contributed by atoms with van der Waals surface area (Å²) >= 11 is 0. The van der Waals surface area contributed by atoms with E-state index in [0.717, 1.165) is 12.0 Å². The molecule has 1 aromatic carbocycles. The summed E-state index contributed by atoms with van der Waals surface area (Å²) in [5.74, 6) is 0. The highest BCUT2D eigenvalue weighted by molar-refractivity contribution is 6.02. The summed E-state index contributed by atoms with van der Waals surface area (Å²) in [6.07, 6.45) is 8.51. The zero-order chi connectivity index (χ0) is 15.5. The number of benzene rings is 1. The highest BCUT2D eigenvalue weighted by Crippen LogP contribution is 2.25. The average Bonchev–Trinajstić information content (AvgIpc) is 3.00. The molecule has 0 radical (unpaired) electrons. The third-order valence-electron chi connectivity index (χ3n) is 3.32. The van der Waals surface area contributed by atoms with Crippen LogP contribution >= 0.6 is 0 Å². The van der Waals surface area contributed by atoms with Gasteiger partial charge >= 0.3 is 0 Å². The van der Waals surface area contributed by atoms with Crippen molar-refractivity contribution in [1.82, 2.24) is 5.43 Å². The quantitative estimate of drug-likeness (QED) is 0.512. The van der Waals surface area contributed by atoms with Gasteiger partial charge in [-0.3, -0.25) is 15.2 Å². The smallest absolute Gasteiger partial charge is 0.222 e. The summed E-state index contributed by atoms with van der Waals surface area (Å²) in [4.78, 5) is 10.8. The molecule has 0 unspecified atom stereocenters. The summed E-state index contributed by atoms with van der Waals surface area (Å²) in [6.45, 7) is 0. The number of hydrogen-bond donors (Lipinski definition) is 1. The molecule has 2 aliphatic rings. The van der Waals surface area contributed by atoms with Crippen LogP contribution in [-0.4, -0.2) is 16.9 Å². The monoisotopic (exact) mass is 294 g/mol. The first-order chi connectivity index (χ1) is 10.7. The van der Waals surface area contributed by atoms with Gasteiger partial charge in [-0.15, -0.1) is 0 Å². The Morgan fingerprint density at radius 3 is 2.32 bits per heavy atom. The Morgan fingerprint density at radius 2 is 1.73 bits per heavy atom. The first-order valence-electron chi connectivity index (χ1n) is 6.59. The molecule has 1 aromatic rings. The number of aldehydes is 1. The van der Waals surface area contributed by atoms with Crippen LogP contribution in [0, 0.1) is 10.4 Å². The molecule has 3 rings (SSSR count). The number of rotatable bonds is 2. The standard InChI is InChI=1S/C16H12N3O3/c20-11-13-10-18(14-4-2-1-3-5-14)17-16(13)12-6-8-15(9-7-12)19(21)22/h1-11,17H/q-1. The third-order valence-corrected chi connectivity index (χ3v) is 3.32. The van der Waals surface area contributed by atoms with Crippen molar-refractivity contribution in [3.63, 3.8) is 0 Å². The molecule has 0 amide bonds. The van der Waals surface area contributed by atoms with Crippen molar-refractivity contribution in [3.8, 4) is 0 Å². The average molecular weight is 294 g/mol. The van der Waals surface area contributed by atoms with E-state index in [0.29, 0.717) is 16.8 Å². The van der Waals surface area contributed by atoms with Gasteiger partial charge in [0.1, 0.15) is 0 Å². The van der Waals surface area contributed by atoms with E-state index in [2.05, 4.69) is 5.43 Å². The lowest BCUT2D eigenvalue weighted by Gasteiger charge is -2.18. The van der Waals surface area contributed by atoms with Gasteiger partial charge in [0.15, 0.2) is 6.29 Å². The van der Waals surface area contributed by atoms with Crippen LogP contribution < -0.4 is 10.4 Å². The number of allylic oxidation sites excluding steroid dienone is 6. The molecule has 22 heavy (non-hydrogen) atoms. The molecule has 0 fully saturated rings. The molecule has 1 N–H and O–H groups in total. The fraction of sp³-hybridized carbons (Fsp3) is 0. The minimum Gasteiger partial charge on any atom is -0.612 e. The SMILES string of the molecule is O=CC1=CN(c2ccccc2)NC1=C1C=CC(=[N+]([O-])[O-])C=C1. The van der Waals surface area contributed by atoms with Gasteiger partial charge in [-0.2, -0.15) is 4.90 Å². The van der Waals surface area contributed by atoms with Crippen molar-refractivity contribution in [3.05, 3.63) is 88.1 Å². The minimum atomic E-state index is -0.455. The number of hydrazine groups is 1. The highest BCUT2D eigenvalue weighted by Gasteiger charge is 2.21. The Morgan fingerprint density at radius 1 is 1.05 bits per heavy atom. The van der Waals surface area contributed by atoms with Gasteiger partial charge in [0, 0.05) is 23.9 Å². The predicted octanol–water partition coefficient (Wildman–Crippen LogP) is 1.92. The van der Waals surface area contributed by atoms with Crippen LogP contribution in [0.1, 0.15) is 0 Å². The van der Waals surface area contributed by atoms with Crippen LogP contribution in [0.15, 0.2) is 77.7 Å². The molecule has 1 heterocycles. The Kier molecular flexibility index (Phi) is 3.49. The molecule has 0 saturated heterocycles. The topological polar surface area (TPSA) is 81.5 Å². The molecule has 0 saturated carbocycles. The Hall–Kier alpha value is -3.28. The normalized spacial score (nSPS) is 16.6. The number of hydrogen-bond acceptors (Lipinski definition) is 5. The molecule has 6 nitrogen and oxygen atoms in total. The van der Waals surface area contributed by atoms with Crippen LogP contribution in [0.3, 0.4) is 0 Å². The summed E-state index contributed by atoms with van der Waals surface area (Å²) in [5, 5.41) is 23.1. The number of carbonyl (C=O) groups excluding carboxylic acids is 1. The van der Waals surface area contributed by atoms with Gasteiger partial charge in [0.25, 0.3) is 0 Å². The van der Waals surface area contributed by atoms with E-state index in [1.165, 1.54) is 12.2 Å². The maximum absolute atomic E-state index is 11.3. The number of nitrogens with zero attached hydrogens (tertiary/aromatic N) is 2. The second-order valence-corrected chi connectivity index (χ2v) is 4.70. The maximum atomic E-state index is 11.3. The molecule has 6 heteroatoms. The number of carbonyl (C=O) groups is 1. The van der Waals surface area contributed by atoms with Gasteiger partial charge in [-0.05, 0) is 24.3 Å². The fourth-order valence-electron chi connectivity index (χ4n) is 2.22. The second-order valence-electron chi connectivity index (χ2n) is 4.70. The van der Waals surface area contributed by atoms with Crippen molar-refractivity contribution < 1.29 is 9.70 Å². The van der Waals surface area contributed by atoms with E-state index in [1.54, 1.807) is 23.4 Å². The number of anilines is 1. The van der Waals surface area contributed by atoms with Crippen LogP contribution in [0.4, 0.5) is 5.69 Å². The van der Waals surface area contributed by atoms with E-state index < -0.39 is 4.90 Å². The molecule has 110 valence electrons. The highest BCUT2D eigenvalue weighted by atomic mass is 16.8. The van der Waals surface area contributed by atoms with Crippen LogP contribution in [0.2, 0.25) is 0 Å². The lowest BCUT2D eigenvalue weighted by Crippen LogP contribution is -2.28. The molecule has 0 atom stereocenters. The number of nitrogens with one attached hydrogen (secondary N) is 1. The van der Waals surface area contributed by atoms with Gasteiger partial charge in [0.2, 0.25) is 5.71 Å². The summed E-state index contributed by atoms with van der Waals surface area (Å²) in [6, 6.07) is 9.52. The lowest BCUT2D eigenvalue weighted by atomic mass is 10.0. The van der Waals surface area contributed by atoms with Gasteiger partial charge in [-0.1, -0.05) is 18.2 Å². The van der Waals surface area contributed by atoms with Crippen LogP contribution in [0.5, 0.6) is 0 Å². The molecule has 1 aliphatic heterocycles. The first kappa shape index (κ1) is 13.7. The predicted molar refractivity (Wildman–Crippen MR) is 83.5 cm³/mol. The van der Waals surface area contributed by atoms with E-state index in [9.17, 15) is 15.2 Å². The fourth-order valence-corrected chi connectivity index (χ4v) is 2.22. The summed E-state index contributed by atoms with van der Waals surface area (Å²) in [5.41, 5.74) is 5.84. The van der Waals surface area contributed by atoms with E-state index in [4.69, 9.17) is 0 Å². The van der Waals surface area contributed by atoms with Crippen molar-refractivity contribution in [2.75, 3.05) is 5.01 Å². The molecule has 1 aliphatic carbocycles. The molecular formula is C16H12N3O3-. The Bertz CT molecular complexity index is 736. The van der Waals surface area contributed by atoms with Gasteiger partial charge < -0.3 is 10.4 Å². The molecule has 0 aromatic heterocycles. The minimum absolute atomic E-state index is 0.0129. The van der Waals surface area contributed by atoms with Crippen LogP contribution in [-0.2, 0) is 4.79 Å². The molecular weight excluding hydrogens is 282 g/mol. The lowest BCUT2D eigenvalue weighted by molar-refractivity contribution is -0.377. The molecule has 0 spiro atoms. The third kappa shape index (κ3) is 2.49. The largest absolute Gasteiger partial charge is 0.612 e. The van der Waals surface area contributed by atoms with Crippen molar-refractivity contribution in [2.24, 2.45) is 0 Å². The summed E-state index contributed by atoms with van der Waals surface area (Å²) in [7, 11) is 0. The van der Waals surface area contributed by atoms with Gasteiger partial charge in [0.05, 0.1) is 17.0 Å². The zero-order valence-electron chi connectivity index (χ0n) is 11.5. The van der Waals surface area contributed by atoms with Gasteiger partial charge in [-0.25, -0.2) is 0 Å². The molecule has 0 bridgehead atoms. The maximum Gasteiger partial charge on any atom is 0.222 e. The van der Waals surface area contributed by atoms with E-state index in [1.807, 2.05) is 30.3 Å². The zero-order valence-corrected chi connectivity index (χ0v) is 11.5. The van der Waals surface area contributed by atoms with Crippen molar-refractivity contribution >= 4 is 17.7 Å².